The van der Waals surface area contributed by atoms with Crippen LogP contribution in [0.25, 0.3) is 11.2 Å². The van der Waals surface area contributed by atoms with Crippen LogP contribution >= 0.6 is 0 Å². The van der Waals surface area contributed by atoms with Gasteiger partial charge in [-0.25, -0.2) is 9.97 Å². The van der Waals surface area contributed by atoms with Gasteiger partial charge in [-0.3, -0.25) is 4.79 Å². The Morgan fingerprint density at radius 3 is 3.00 bits per heavy atom. The Labute approximate surface area is 75.2 Å². The molecule has 2 rings (SSSR count). The van der Waals surface area contributed by atoms with Gasteiger partial charge in [-0.15, -0.1) is 0 Å². The van der Waals surface area contributed by atoms with Crippen LogP contribution in [0.3, 0.4) is 0 Å². The second-order valence-electron chi connectivity index (χ2n) is 2.95. The van der Waals surface area contributed by atoms with E-state index in [-0.39, 0.29) is 0 Å². The van der Waals surface area contributed by atoms with E-state index < -0.39 is 0 Å². The monoisotopic (exact) mass is 175 g/mol. The standard InChI is InChI=1S/C9H9N3O/c1-6-11-8-3-7(5-13)4-10-9(8)12(6)2/h3-5H,1-2H3. The third kappa shape index (κ3) is 1.11. The highest BCUT2D eigenvalue weighted by atomic mass is 16.1. The molecule has 0 aromatic carbocycles. The van der Waals surface area contributed by atoms with Crippen molar-refractivity contribution in [2.45, 2.75) is 6.92 Å². The molecule has 13 heavy (non-hydrogen) atoms. The van der Waals surface area contributed by atoms with Crippen LogP contribution in [-0.4, -0.2) is 20.8 Å². The maximum atomic E-state index is 10.5. The molecule has 0 atom stereocenters. The molecule has 4 heteroatoms. The maximum absolute atomic E-state index is 10.5. The third-order valence-corrected chi connectivity index (χ3v) is 2.09. The lowest BCUT2D eigenvalue weighted by atomic mass is 10.3. The number of hydrogen-bond acceptors (Lipinski definition) is 3. The second-order valence-corrected chi connectivity index (χ2v) is 2.95. The highest BCUT2D eigenvalue weighted by Gasteiger charge is 2.05. The van der Waals surface area contributed by atoms with Crippen molar-refractivity contribution >= 4 is 17.5 Å². The van der Waals surface area contributed by atoms with E-state index in [1.54, 1.807) is 12.3 Å². The summed E-state index contributed by atoms with van der Waals surface area (Å²) in [6.07, 6.45) is 2.33. The van der Waals surface area contributed by atoms with Crippen LogP contribution in [-0.2, 0) is 7.05 Å². The molecule has 66 valence electrons. The minimum absolute atomic E-state index is 0.561. The summed E-state index contributed by atoms with van der Waals surface area (Å²) in [5, 5.41) is 0. The molecule has 0 radical (unpaired) electrons. The van der Waals surface area contributed by atoms with Crippen molar-refractivity contribution in [3.8, 4) is 0 Å². The van der Waals surface area contributed by atoms with Crippen LogP contribution in [0.2, 0.25) is 0 Å². The lowest BCUT2D eigenvalue weighted by Gasteiger charge is -1.94. The molecule has 0 N–H and O–H groups in total. The average molecular weight is 175 g/mol. The molecule has 0 saturated carbocycles. The molecular weight excluding hydrogens is 166 g/mol. The predicted molar refractivity (Wildman–Crippen MR) is 48.6 cm³/mol. The van der Waals surface area contributed by atoms with Crippen molar-refractivity contribution in [1.29, 1.82) is 0 Å². The zero-order valence-corrected chi connectivity index (χ0v) is 7.48. The van der Waals surface area contributed by atoms with Crippen LogP contribution in [0.4, 0.5) is 0 Å². The van der Waals surface area contributed by atoms with E-state index >= 15 is 0 Å². The van der Waals surface area contributed by atoms with E-state index in [4.69, 9.17) is 0 Å². The SMILES string of the molecule is Cc1nc2cc(C=O)cnc2n1C. The van der Waals surface area contributed by atoms with Gasteiger partial charge in [0.25, 0.3) is 0 Å². The first-order valence-electron chi connectivity index (χ1n) is 3.96. The number of carbonyl (C=O) groups excluding carboxylic acids is 1. The van der Waals surface area contributed by atoms with Crippen LogP contribution in [0.15, 0.2) is 12.3 Å². The van der Waals surface area contributed by atoms with Crippen LogP contribution in [0.1, 0.15) is 16.2 Å². The molecule has 0 spiro atoms. The molecule has 0 saturated heterocycles. The second kappa shape index (κ2) is 2.65. The smallest absolute Gasteiger partial charge is 0.159 e. The molecule has 0 aliphatic heterocycles. The molecule has 2 heterocycles. The minimum atomic E-state index is 0.561. The maximum Gasteiger partial charge on any atom is 0.159 e. The molecule has 2 aromatic heterocycles. The fourth-order valence-corrected chi connectivity index (χ4v) is 1.27. The van der Waals surface area contributed by atoms with Crippen molar-refractivity contribution < 1.29 is 4.79 Å². The van der Waals surface area contributed by atoms with Crippen molar-refractivity contribution in [2.24, 2.45) is 7.05 Å². The van der Waals surface area contributed by atoms with Gasteiger partial charge in [0, 0.05) is 18.8 Å². The molecule has 2 aromatic rings. The van der Waals surface area contributed by atoms with E-state index in [2.05, 4.69) is 9.97 Å². The Bertz CT molecular complexity index is 473. The Morgan fingerprint density at radius 1 is 1.54 bits per heavy atom. The average Bonchev–Trinajstić information content (AvgIpc) is 2.42. The molecule has 0 unspecified atom stereocenters. The number of pyridine rings is 1. The van der Waals surface area contributed by atoms with Crippen molar-refractivity contribution in [3.63, 3.8) is 0 Å². The van der Waals surface area contributed by atoms with Gasteiger partial charge in [-0.1, -0.05) is 0 Å². The van der Waals surface area contributed by atoms with E-state index in [1.165, 1.54) is 0 Å². The fourth-order valence-electron chi connectivity index (χ4n) is 1.27. The minimum Gasteiger partial charge on any atom is -0.316 e. The normalized spacial score (nSPS) is 10.6. The predicted octanol–water partition coefficient (Wildman–Crippen LogP) is 1.09. The number of hydrogen-bond donors (Lipinski definition) is 0. The highest BCUT2D eigenvalue weighted by molar-refractivity contribution is 5.82. The summed E-state index contributed by atoms with van der Waals surface area (Å²) in [6.45, 7) is 1.91. The molecule has 0 amide bonds. The summed E-state index contributed by atoms with van der Waals surface area (Å²) < 4.78 is 1.89. The van der Waals surface area contributed by atoms with E-state index in [9.17, 15) is 4.79 Å². The van der Waals surface area contributed by atoms with Crippen molar-refractivity contribution in [1.82, 2.24) is 14.5 Å². The summed E-state index contributed by atoms with van der Waals surface area (Å²) in [6, 6.07) is 1.74. The number of carbonyl (C=O) groups is 1. The molecular formula is C9H9N3O. The van der Waals surface area contributed by atoms with E-state index in [0.29, 0.717) is 5.56 Å². The van der Waals surface area contributed by atoms with E-state index in [0.717, 1.165) is 23.3 Å². The Kier molecular flexibility index (Phi) is 1.62. The summed E-state index contributed by atoms with van der Waals surface area (Å²) in [4.78, 5) is 18.9. The highest BCUT2D eigenvalue weighted by Crippen LogP contribution is 2.12. The zero-order valence-electron chi connectivity index (χ0n) is 7.48. The van der Waals surface area contributed by atoms with Crippen LogP contribution in [0, 0.1) is 6.92 Å². The van der Waals surface area contributed by atoms with Gasteiger partial charge in [-0.2, -0.15) is 0 Å². The number of aryl methyl sites for hydroxylation is 2. The first-order valence-corrected chi connectivity index (χ1v) is 3.96. The van der Waals surface area contributed by atoms with Gasteiger partial charge >= 0.3 is 0 Å². The summed E-state index contributed by atoms with van der Waals surface area (Å²) >= 11 is 0. The molecule has 0 bridgehead atoms. The topological polar surface area (TPSA) is 47.8 Å². The van der Waals surface area contributed by atoms with Crippen LogP contribution in [0.5, 0.6) is 0 Å². The van der Waals surface area contributed by atoms with Gasteiger partial charge in [0.2, 0.25) is 0 Å². The van der Waals surface area contributed by atoms with Crippen LogP contribution < -0.4 is 0 Å². The molecule has 0 aliphatic carbocycles. The number of fused-ring (bicyclic) bond motifs is 1. The first kappa shape index (κ1) is 7.91. The Hall–Kier alpha value is -1.71. The van der Waals surface area contributed by atoms with Gasteiger partial charge in [-0.05, 0) is 13.0 Å². The summed E-state index contributed by atoms with van der Waals surface area (Å²) in [5.74, 6) is 0.894. The van der Waals surface area contributed by atoms with Crippen molar-refractivity contribution in [2.75, 3.05) is 0 Å². The quantitative estimate of drug-likeness (QED) is 0.609. The zero-order chi connectivity index (χ0) is 9.42. The summed E-state index contributed by atoms with van der Waals surface area (Å²) in [5.41, 5.74) is 2.14. The molecule has 0 aliphatic rings. The fraction of sp³-hybridized carbons (Fsp3) is 0.222. The largest absolute Gasteiger partial charge is 0.316 e. The number of imidazole rings is 1. The number of aromatic nitrogens is 3. The third-order valence-electron chi connectivity index (χ3n) is 2.09. The van der Waals surface area contributed by atoms with Gasteiger partial charge in [0.1, 0.15) is 11.3 Å². The van der Waals surface area contributed by atoms with Gasteiger partial charge in [0.15, 0.2) is 11.9 Å². The Balaban J connectivity index is 2.79. The lowest BCUT2D eigenvalue weighted by Crippen LogP contribution is -1.92. The molecule has 4 nitrogen and oxygen atoms in total. The number of aldehydes is 1. The van der Waals surface area contributed by atoms with E-state index in [1.807, 2.05) is 18.5 Å². The van der Waals surface area contributed by atoms with Gasteiger partial charge in [0.05, 0.1) is 0 Å². The Morgan fingerprint density at radius 2 is 2.31 bits per heavy atom. The first-order chi connectivity index (χ1) is 6.22. The molecule has 0 fully saturated rings. The van der Waals surface area contributed by atoms with Gasteiger partial charge < -0.3 is 4.57 Å². The lowest BCUT2D eigenvalue weighted by molar-refractivity contribution is 0.112. The number of rotatable bonds is 1. The summed E-state index contributed by atoms with van der Waals surface area (Å²) in [7, 11) is 1.90. The number of nitrogens with zero attached hydrogens (tertiary/aromatic N) is 3. The van der Waals surface area contributed by atoms with Crippen molar-refractivity contribution in [3.05, 3.63) is 23.7 Å².